The molecule has 10 nitrogen and oxygen atoms in total. The number of aromatic amines is 1. The molecule has 2 N–H and O–H groups in total. The number of hydrogen-bond donors (Lipinski definition) is 2. The maximum Gasteiger partial charge on any atom is 0.211 e. The van der Waals surface area contributed by atoms with E-state index in [9.17, 15) is 8.42 Å². The summed E-state index contributed by atoms with van der Waals surface area (Å²) in [5.41, 5.74) is 3.87. The number of sulfonamides is 1. The van der Waals surface area contributed by atoms with E-state index in [-0.39, 0.29) is 0 Å². The number of H-pyrrole nitrogens is 1. The highest BCUT2D eigenvalue weighted by Gasteiger charge is 2.23. The largest absolute Gasteiger partial charge is 0.369 e. The van der Waals surface area contributed by atoms with Gasteiger partial charge in [-0.05, 0) is 18.2 Å². The van der Waals surface area contributed by atoms with Crippen LogP contribution in [0.3, 0.4) is 0 Å². The molecule has 1 saturated heterocycles. The molecule has 0 saturated carbocycles. The molecule has 1 aliphatic rings. The van der Waals surface area contributed by atoms with E-state index in [2.05, 4.69) is 30.4 Å². The lowest BCUT2D eigenvalue weighted by molar-refractivity contribution is 0.388. The maximum atomic E-state index is 11.7. The number of rotatable bonds is 5. The van der Waals surface area contributed by atoms with E-state index in [4.69, 9.17) is 0 Å². The summed E-state index contributed by atoms with van der Waals surface area (Å²) in [4.78, 5) is 11.2. The third kappa shape index (κ3) is 4.09. The van der Waals surface area contributed by atoms with E-state index in [0.717, 1.165) is 22.5 Å². The molecule has 0 unspecified atom stereocenters. The number of imidazole rings is 1. The lowest BCUT2D eigenvalue weighted by Gasteiger charge is -2.34. The van der Waals surface area contributed by atoms with Gasteiger partial charge in [-0.25, -0.2) is 18.4 Å². The van der Waals surface area contributed by atoms with Gasteiger partial charge in [0.15, 0.2) is 5.82 Å². The highest BCUT2D eigenvalue weighted by Crippen LogP contribution is 2.24. The van der Waals surface area contributed by atoms with Gasteiger partial charge in [-0.3, -0.25) is 5.10 Å². The van der Waals surface area contributed by atoms with E-state index in [0.29, 0.717) is 37.8 Å². The van der Waals surface area contributed by atoms with Gasteiger partial charge in [0.2, 0.25) is 10.0 Å². The number of piperazine rings is 1. The molecule has 5 rings (SSSR count). The summed E-state index contributed by atoms with van der Waals surface area (Å²) < 4.78 is 26.9. The van der Waals surface area contributed by atoms with Gasteiger partial charge in [0, 0.05) is 67.7 Å². The van der Waals surface area contributed by atoms with Gasteiger partial charge in [-0.15, -0.1) is 0 Å². The zero-order valence-electron chi connectivity index (χ0n) is 16.9. The molecule has 1 aliphatic heterocycles. The molecule has 0 atom stereocenters. The quantitative estimate of drug-likeness (QED) is 0.490. The lowest BCUT2D eigenvalue weighted by Crippen LogP contribution is -2.48. The van der Waals surface area contributed by atoms with Crippen molar-refractivity contribution in [2.75, 3.05) is 42.7 Å². The SMILES string of the molecule is CS(=O)(=O)N1CCN(c2ccnc(Nc3cn4cc(-c5cn[nH]c5)ccc4n3)c2)CC1. The lowest BCUT2D eigenvalue weighted by atomic mass is 10.2. The molecule has 11 heteroatoms. The third-order valence-electron chi connectivity index (χ3n) is 5.36. The summed E-state index contributed by atoms with van der Waals surface area (Å²) in [5.74, 6) is 1.37. The maximum absolute atomic E-state index is 11.7. The second-order valence-corrected chi connectivity index (χ2v) is 9.45. The Morgan fingerprint density at radius 2 is 1.87 bits per heavy atom. The molecule has 160 valence electrons. The fraction of sp³-hybridized carbons (Fsp3) is 0.250. The first-order chi connectivity index (χ1) is 15.0. The zero-order valence-corrected chi connectivity index (χ0v) is 17.7. The Balaban J connectivity index is 1.32. The molecule has 0 aliphatic carbocycles. The Morgan fingerprint density at radius 1 is 1.03 bits per heavy atom. The van der Waals surface area contributed by atoms with Crippen molar-refractivity contribution >= 4 is 33.0 Å². The van der Waals surface area contributed by atoms with Gasteiger partial charge < -0.3 is 14.6 Å². The van der Waals surface area contributed by atoms with E-state index in [1.54, 1.807) is 12.4 Å². The van der Waals surface area contributed by atoms with Crippen LogP contribution in [0, 0.1) is 0 Å². The monoisotopic (exact) mass is 438 g/mol. The normalized spacial score (nSPS) is 15.5. The fourth-order valence-electron chi connectivity index (χ4n) is 3.73. The van der Waals surface area contributed by atoms with Crippen molar-refractivity contribution in [1.82, 2.24) is 28.9 Å². The number of fused-ring (bicyclic) bond motifs is 1. The summed E-state index contributed by atoms with van der Waals surface area (Å²) in [6, 6.07) is 7.85. The van der Waals surface area contributed by atoms with Crippen LogP contribution >= 0.6 is 0 Å². The van der Waals surface area contributed by atoms with Gasteiger partial charge >= 0.3 is 0 Å². The Hall–Kier alpha value is -3.44. The van der Waals surface area contributed by atoms with E-state index < -0.39 is 10.0 Å². The first-order valence-electron chi connectivity index (χ1n) is 9.87. The predicted molar refractivity (Wildman–Crippen MR) is 119 cm³/mol. The Bertz CT molecular complexity index is 1310. The van der Waals surface area contributed by atoms with Crippen LogP contribution in [0.2, 0.25) is 0 Å². The Labute approximate surface area is 179 Å². The first kappa shape index (κ1) is 19.5. The van der Waals surface area contributed by atoms with Gasteiger partial charge in [-0.2, -0.15) is 9.40 Å². The van der Waals surface area contributed by atoms with Crippen LogP contribution in [-0.2, 0) is 10.0 Å². The van der Waals surface area contributed by atoms with E-state index in [1.165, 1.54) is 10.6 Å². The summed E-state index contributed by atoms with van der Waals surface area (Å²) in [6.45, 7) is 2.24. The number of pyridine rings is 2. The molecule has 4 aromatic rings. The molecular formula is C20H22N8O2S. The van der Waals surface area contributed by atoms with Gasteiger partial charge in [-0.1, -0.05) is 0 Å². The second-order valence-electron chi connectivity index (χ2n) is 7.47. The Kier molecular flexibility index (Phi) is 4.83. The average Bonchev–Trinajstić information content (AvgIpc) is 3.42. The summed E-state index contributed by atoms with van der Waals surface area (Å²) in [6.07, 6.45) is 10.5. The first-order valence-corrected chi connectivity index (χ1v) is 11.7. The third-order valence-corrected chi connectivity index (χ3v) is 6.66. The zero-order chi connectivity index (χ0) is 21.4. The number of nitrogens with one attached hydrogen (secondary N) is 2. The number of hydrogen-bond acceptors (Lipinski definition) is 7. The molecule has 0 amide bonds. The van der Waals surface area contributed by atoms with Crippen molar-refractivity contribution in [3.8, 4) is 11.1 Å². The van der Waals surface area contributed by atoms with Crippen LogP contribution in [0.4, 0.5) is 17.3 Å². The molecule has 0 bridgehead atoms. The predicted octanol–water partition coefficient (Wildman–Crippen LogP) is 1.94. The topological polar surface area (TPSA) is 112 Å². The molecule has 4 aromatic heterocycles. The minimum Gasteiger partial charge on any atom is -0.369 e. The molecule has 5 heterocycles. The van der Waals surface area contributed by atoms with Gasteiger partial charge in [0.25, 0.3) is 0 Å². The average molecular weight is 439 g/mol. The molecule has 0 aromatic carbocycles. The summed E-state index contributed by atoms with van der Waals surface area (Å²) in [5, 5.41) is 10.1. The number of aromatic nitrogens is 5. The Morgan fingerprint density at radius 3 is 2.61 bits per heavy atom. The van der Waals surface area contributed by atoms with Crippen LogP contribution in [0.15, 0.2) is 55.2 Å². The molecule has 0 spiro atoms. The van der Waals surface area contributed by atoms with Crippen LogP contribution < -0.4 is 10.2 Å². The highest BCUT2D eigenvalue weighted by atomic mass is 32.2. The van der Waals surface area contributed by atoms with Crippen LogP contribution in [-0.4, -0.2) is 69.7 Å². The van der Waals surface area contributed by atoms with Crippen LogP contribution in [0.5, 0.6) is 0 Å². The summed E-state index contributed by atoms with van der Waals surface area (Å²) in [7, 11) is -3.14. The van der Waals surface area contributed by atoms with E-state index >= 15 is 0 Å². The minimum atomic E-state index is -3.14. The second kappa shape index (κ2) is 7.67. The van der Waals surface area contributed by atoms with Crippen molar-refractivity contribution in [2.45, 2.75) is 0 Å². The molecule has 31 heavy (non-hydrogen) atoms. The van der Waals surface area contributed by atoms with E-state index in [1.807, 2.05) is 47.3 Å². The van der Waals surface area contributed by atoms with Crippen molar-refractivity contribution in [3.05, 3.63) is 55.2 Å². The van der Waals surface area contributed by atoms with Crippen molar-refractivity contribution in [1.29, 1.82) is 0 Å². The number of anilines is 3. The molecule has 0 radical (unpaired) electrons. The standard InChI is InChI=1S/C20H22N8O2S/c1-31(29,30)28-8-6-26(7-9-28)17-4-5-21-18(10-17)24-19-14-27-13-15(2-3-20(27)25-19)16-11-22-23-12-16/h2-5,10-14H,6-9H2,1H3,(H,21,24)(H,22,23). The molecular weight excluding hydrogens is 416 g/mol. The molecule has 1 fully saturated rings. The summed E-state index contributed by atoms with van der Waals surface area (Å²) >= 11 is 0. The van der Waals surface area contributed by atoms with Crippen molar-refractivity contribution < 1.29 is 8.42 Å². The fourth-order valence-corrected chi connectivity index (χ4v) is 4.55. The van der Waals surface area contributed by atoms with Gasteiger partial charge in [0.05, 0.1) is 18.6 Å². The minimum absolute atomic E-state index is 0.481. The van der Waals surface area contributed by atoms with Crippen LogP contribution in [0.25, 0.3) is 16.8 Å². The van der Waals surface area contributed by atoms with Crippen LogP contribution in [0.1, 0.15) is 0 Å². The van der Waals surface area contributed by atoms with Crippen molar-refractivity contribution in [3.63, 3.8) is 0 Å². The van der Waals surface area contributed by atoms with Crippen molar-refractivity contribution in [2.24, 2.45) is 0 Å². The highest BCUT2D eigenvalue weighted by molar-refractivity contribution is 7.88. The number of nitrogens with zero attached hydrogens (tertiary/aromatic N) is 6. The smallest absolute Gasteiger partial charge is 0.211 e. The van der Waals surface area contributed by atoms with Gasteiger partial charge in [0.1, 0.15) is 11.5 Å².